The van der Waals surface area contributed by atoms with E-state index in [-0.39, 0.29) is 24.0 Å². The van der Waals surface area contributed by atoms with Gasteiger partial charge in [-0.05, 0) is 35.9 Å². The molecule has 0 aliphatic carbocycles. The van der Waals surface area contributed by atoms with Crippen molar-refractivity contribution in [1.82, 2.24) is 0 Å². The SMILES string of the molecule is CN1/C(=C/c2ccc3cc(Br)ccc3[n+]2C)C=Cc2ccccc21.[I-]. The van der Waals surface area contributed by atoms with Gasteiger partial charge in [-0.1, -0.05) is 40.2 Å². The molecule has 0 N–H and O–H groups in total. The summed E-state index contributed by atoms with van der Waals surface area (Å²) in [5.41, 5.74) is 6.07. The van der Waals surface area contributed by atoms with Gasteiger partial charge < -0.3 is 28.9 Å². The highest BCUT2D eigenvalue weighted by atomic mass is 127. The smallest absolute Gasteiger partial charge is 0.212 e. The highest BCUT2D eigenvalue weighted by molar-refractivity contribution is 9.10. The van der Waals surface area contributed by atoms with Gasteiger partial charge in [0, 0.05) is 46.5 Å². The highest BCUT2D eigenvalue weighted by Gasteiger charge is 2.16. The van der Waals surface area contributed by atoms with Gasteiger partial charge in [0.1, 0.15) is 7.05 Å². The number of fused-ring (bicyclic) bond motifs is 2. The predicted octanol–water partition coefficient (Wildman–Crippen LogP) is 1.93. The second kappa shape index (κ2) is 7.30. The zero-order chi connectivity index (χ0) is 16.7. The van der Waals surface area contributed by atoms with Crippen molar-refractivity contribution in [2.45, 2.75) is 0 Å². The molecule has 3 aromatic rings. The molecule has 0 bridgehead atoms. The minimum Gasteiger partial charge on any atom is -1.00 e. The fourth-order valence-electron chi connectivity index (χ4n) is 3.19. The molecule has 1 aliphatic heterocycles. The number of aromatic nitrogens is 1. The molecule has 1 aromatic heterocycles. The molecule has 0 spiro atoms. The van der Waals surface area contributed by atoms with Crippen molar-refractivity contribution in [3.8, 4) is 0 Å². The molecule has 0 atom stereocenters. The number of aryl methyl sites for hydroxylation is 1. The van der Waals surface area contributed by atoms with E-state index in [1.54, 1.807) is 0 Å². The topological polar surface area (TPSA) is 7.12 Å². The third-order valence-electron chi connectivity index (χ3n) is 4.59. The summed E-state index contributed by atoms with van der Waals surface area (Å²) in [4.78, 5) is 2.24. The number of hydrogen-bond acceptors (Lipinski definition) is 1. The first-order valence-electron chi connectivity index (χ1n) is 7.94. The van der Waals surface area contributed by atoms with Crippen LogP contribution >= 0.6 is 15.9 Å². The molecular formula is C21H18BrIN2. The Labute approximate surface area is 173 Å². The molecule has 1 aliphatic rings. The van der Waals surface area contributed by atoms with Crippen molar-refractivity contribution < 1.29 is 28.5 Å². The van der Waals surface area contributed by atoms with E-state index in [9.17, 15) is 0 Å². The molecule has 0 radical (unpaired) electrons. The quantitative estimate of drug-likeness (QED) is 0.363. The first kappa shape index (κ1) is 18.1. The highest BCUT2D eigenvalue weighted by Crippen LogP contribution is 2.30. The summed E-state index contributed by atoms with van der Waals surface area (Å²) in [5.74, 6) is 0. The summed E-state index contributed by atoms with van der Waals surface area (Å²) < 4.78 is 3.34. The van der Waals surface area contributed by atoms with Gasteiger partial charge in [0.25, 0.3) is 0 Å². The van der Waals surface area contributed by atoms with Crippen LogP contribution in [-0.2, 0) is 7.05 Å². The van der Waals surface area contributed by atoms with Gasteiger partial charge in [0.15, 0.2) is 0 Å². The van der Waals surface area contributed by atoms with Crippen molar-refractivity contribution >= 4 is 44.7 Å². The van der Waals surface area contributed by atoms with Gasteiger partial charge >= 0.3 is 0 Å². The lowest BCUT2D eigenvalue weighted by Gasteiger charge is -2.26. The lowest BCUT2D eigenvalue weighted by atomic mass is 10.1. The van der Waals surface area contributed by atoms with Crippen LogP contribution in [0.15, 0.2) is 70.8 Å². The maximum atomic E-state index is 3.54. The average Bonchev–Trinajstić information content (AvgIpc) is 2.60. The first-order chi connectivity index (χ1) is 11.6. The van der Waals surface area contributed by atoms with E-state index in [4.69, 9.17) is 0 Å². The van der Waals surface area contributed by atoms with E-state index in [2.05, 4.69) is 112 Å². The van der Waals surface area contributed by atoms with E-state index in [1.165, 1.54) is 33.5 Å². The lowest BCUT2D eigenvalue weighted by molar-refractivity contribution is -0.646. The van der Waals surface area contributed by atoms with E-state index in [0.29, 0.717) is 0 Å². The predicted molar refractivity (Wildman–Crippen MR) is 105 cm³/mol. The van der Waals surface area contributed by atoms with Gasteiger partial charge in [-0.15, -0.1) is 0 Å². The van der Waals surface area contributed by atoms with Crippen molar-refractivity contribution in [3.63, 3.8) is 0 Å². The van der Waals surface area contributed by atoms with Crippen LogP contribution in [0.25, 0.3) is 23.1 Å². The van der Waals surface area contributed by atoms with Gasteiger partial charge in [-0.2, -0.15) is 4.57 Å². The molecule has 126 valence electrons. The maximum Gasteiger partial charge on any atom is 0.212 e. The van der Waals surface area contributed by atoms with E-state index in [0.717, 1.165) is 4.47 Å². The number of para-hydroxylation sites is 1. The first-order valence-corrected chi connectivity index (χ1v) is 8.73. The molecule has 4 rings (SSSR count). The van der Waals surface area contributed by atoms with Gasteiger partial charge in [0.05, 0.1) is 0 Å². The van der Waals surface area contributed by atoms with Gasteiger partial charge in [-0.3, -0.25) is 0 Å². The molecule has 25 heavy (non-hydrogen) atoms. The minimum atomic E-state index is 0. The Hall–Kier alpha value is -1.66. The molecular weight excluding hydrogens is 487 g/mol. The second-order valence-corrected chi connectivity index (χ2v) is 6.96. The van der Waals surface area contributed by atoms with Crippen LogP contribution in [0.2, 0.25) is 0 Å². The zero-order valence-corrected chi connectivity index (χ0v) is 17.8. The van der Waals surface area contributed by atoms with Gasteiger partial charge in [-0.25, -0.2) is 0 Å². The number of pyridine rings is 1. The molecule has 0 amide bonds. The molecule has 4 heteroatoms. The molecule has 2 heterocycles. The van der Waals surface area contributed by atoms with Crippen LogP contribution in [0.4, 0.5) is 5.69 Å². The standard InChI is InChI=1S/C21H18BrN2.HI/c1-23-18(10-7-15-5-3-4-6-20(15)23)14-19-11-8-16-13-17(22)9-12-21(16)24(19)2;/h3-14H,1-2H3;1H/q+1;/p-1. The van der Waals surface area contributed by atoms with Crippen molar-refractivity contribution in [1.29, 1.82) is 0 Å². The molecule has 2 aromatic carbocycles. The molecule has 0 fully saturated rings. The third-order valence-corrected chi connectivity index (χ3v) is 5.08. The summed E-state index contributed by atoms with van der Waals surface area (Å²) in [5, 5.41) is 1.23. The molecule has 0 saturated carbocycles. The Morgan fingerprint density at radius 2 is 1.80 bits per heavy atom. The Kier molecular flexibility index (Phi) is 5.29. The van der Waals surface area contributed by atoms with Crippen molar-refractivity contribution in [2.24, 2.45) is 7.05 Å². The lowest BCUT2D eigenvalue weighted by Crippen LogP contribution is -3.00. The number of likely N-dealkylation sites (N-methyl/N-ethyl adjacent to an activating group) is 1. The van der Waals surface area contributed by atoms with Crippen LogP contribution in [-0.4, -0.2) is 7.05 Å². The van der Waals surface area contributed by atoms with Gasteiger partial charge in [0.2, 0.25) is 11.2 Å². The zero-order valence-electron chi connectivity index (χ0n) is 14.1. The van der Waals surface area contributed by atoms with E-state index in [1.807, 2.05) is 0 Å². The fraction of sp³-hybridized carbons (Fsp3) is 0.0952. The summed E-state index contributed by atoms with van der Waals surface area (Å²) in [6, 6.07) is 19.2. The molecule has 0 unspecified atom stereocenters. The average molecular weight is 505 g/mol. The number of nitrogens with zero attached hydrogens (tertiary/aromatic N) is 2. The number of anilines is 1. The van der Waals surface area contributed by atoms with Crippen molar-refractivity contribution in [2.75, 3.05) is 11.9 Å². The summed E-state index contributed by atoms with van der Waals surface area (Å²) in [6.45, 7) is 0. The normalized spacial score (nSPS) is 14.5. The number of allylic oxidation sites excluding steroid dienone is 1. The number of benzene rings is 2. The number of halogens is 2. The second-order valence-electron chi connectivity index (χ2n) is 6.04. The monoisotopic (exact) mass is 504 g/mol. The summed E-state index contributed by atoms with van der Waals surface area (Å²) in [6.07, 6.45) is 6.58. The number of hydrogen-bond donors (Lipinski definition) is 0. The largest absolute Gasteiger partial charge is 1.00 e. The molecule has 0 saturated heterocycles. The number of rotatable bonds is 1. The summed E-state index contributed by atoms with van der Waals surface area (Å²) in [7, 11) is 4.23. The van der Waals surface area contributed by atoms with Crippen molar-refractivity contribution in [3.05, 3.63) is 82.1 Å². The Bertz CT molecular complexity index is 1010. The van der Waals surface area contributed by atoms with Crippen LogP contribution in [0.3, 0.4) is 0 Å². The Balaban J connectivity index is 0.00000182. The van der Waals surface area contributed by atoms with Crippen LogP contribution in [0.5, 0.6) is 0 Å². The van der Waals surface area contributed by atoms with E-state index < -0.39 is 0 Å². The maximum absolute atomic E-state index is 3.54. The fourth-order valence-corrected chi connectivity index (χ4v) is 3.57. The minimum absolute atomic E-state index is 0. The molecule has 2 nitrogen and oxygen atoms in total. The van der Waals surface area contributed by atoms with Crippen LogP contribution in [0, 0.1) is 0 Å². The van der Waals surface area contributed by atoms with Crippen LogP contribution in [0.1, 0.15) is 11.3 Å². The van der Waals surface area contributed by atoms with E-state index >= 15 is 0 Å². The summed E-state index contributed by atoms with van der Waals surface area (Å²) >= 11 is 3.54. The van der Waals surface area contributed by atoms with Crippen LogP contribution < -0.4 is 33.4 Å². The Morgan fingerprint density at radius 3 is 2.64 bits per heavy atom. The third kappa shape index (κ3) is 3.37. The Morgan fingerprint density at radius 1 is 1.00 bits per heavy atom.